The molecule has 2 aromatic carbocycles. The molecule has 2 aromatic rings. The number of non-ortho nitro benzene ring substituents is 1. The normalized spacial score (nSPS) is 10.5. The van der Waals surface area contributed by atoms with E-state index in [0.29, 0.717) is 10.0 Å². The standard InChI is InChI=1S/C17H13BrN2O8/c1-26-15-9-11(6-7-19(22)23)8-14(18)17(15)28-16(21)10-27-13-4-2-12(3-5-13)20(24)25/h2-9H,10H2,1H3/b7-6+. The van der Waals surface area contributed by atoms with Crippen LogP contribution in [0.5, 0.6) is 17.2 Å². The average Bonchev–Trinajstić information content (AvgIpc) is 2.66. The third kappa shape index (κ3) is 5.77. The van der Waals surface area contributed by atoms with Crippen molar-refractivity contribution in [3.63, 3.8) is 0 Å². The van der Waals surface area contributed by atoms with E-state index >= 15 is 0 Å². The zero-order valence-corrected chi connectivity index (χ0v) is 16.0. The summed E-state index contributed by atoms with van der Waals surface area (Å²) in [6.45, 7) is -0.448. The van der Waals surface area contributed by atoms with Crippen molar-refractivity contribution >= 4 is 33.7 Å². The summed E-state index contributed by atoms with van der Waals surface area (Å²) in [5.41, 5.74) is 0.358. The van der Waals surface area contributed by atoms with Gasteiger partial charge in [-0.1, -0.05) is 0 Å². The zero-order chi connectivity index (χ0) is 20.7. The van der Waals surface area contributed by atoms with Crippen LogP contribution in [-0.4, -0.2) is 29.5 Å². The number of halogens is 1. The summed E-state index contributed by atoms with van der Waals surface area (Å²) in [5.74, 6) is -0.223. The van der Waals surface area contributed by atoms with E-state index < -0.39 is 22.4 Å². The lowest BCUT2D eigenvalue weighted by atomic mass is 10.2. The lowest BCUT2D eigenvalue weighted by molar-refractivity contribution is -0.400. The number of carbonyl (C=O) groups excluding carboxylic acids is 1. The van der Waals surface area contributed by atoms with E-state index in [-0.39, 0.29) is 22.9 Å². The predicted molar refractivity (Wildman–Crippen MR) is 101 cm³/mol. The van der Waals surface area contributed by atoms with E-state index in [9.17, 15) is 25.0 Å². The van der Waals surface area contributed by atoms with E-state index in [2.05, 4.69) is 15.9 Å². The summed E-state index contributed by atoms with van der Waals surface area (Å²) < 4.78 is 16.0. The minimum Gasteiger partial charge on any atom is -0.493 e. The minimum absolute atomic E-state index is 0.0815. The Bertz CT molecular complexity index is 927. The minimum atomic E-state index is -0.745. The van der Waals surface area contributed by atoms with Crippen LogP contribution >= 0.6 is 15.9 Å². The molecule has 0 radical (unpaired) electrons. The summed E-state index contributed by atoms with van der Waals surface area (Å²) in [5, 5.41) is 21.0. The Hall–Kier alpha value is -3.47. The summed E-state index contributed by atoms with van der Waals surface area (Å²) in [4.78, 5) is 31.9. The fourth-order valence-electron chi connectivity index (χ4n) is 2.03. The van der Waals surface area contributed by atoms with E-state index in [1.54, 1.807) is 0 Å². The number of nitro groups is 2. The van der Waals surface area contributed by atoms with E-state index in [4.69, 9.17) is 14.2 Å². The number of methoxy groups -OCH3 is 1. The van der Waals surface area contributed by atoms with Crippen molar-refractivity contribution in [1.82, 2.24) is 0 Å². The zero-order valence-electron chi connectivity index (χ0n) is 14.4. The van der Waals surface area contributed by atoms with Gasteiger partial charge in [0.15, 0.2) is 18.1 Å². The number of ether oxygens (including phenoxy) is 3. The van der Waals surface area contributed by atoms with Crippen LogP contribution in [0.3, 0.4) is 0 Å². The van der Waals surface area contributed by atoms with E-state index in [1.165, 1.54) is 49.6 Å². The van der Waals surface area contributed by atoms with E-state index in [1.807, 2.05) is 0 Å². The van der Waals surface area contributed by atoms with Crippen molar-refractivity contribution in [2.24, 2.45) is 0 Å². The van der Waals surface area contributed by atoms with Gasteiger partial charge in [-0.3, -0.25) is 20.2 Å². The Morgan fingerprint density at radius 2 is 1.86 bits per heavy atom. The highest BCUT2D eigenvalue weighted by atomic mass is 79.9. The molecule has 0 atom stereocenters. The molecule has 11 heteroatoms. The van der Waals surface area contributed by atoms with Crippen LogP contribution in [0, 0.1) is 20.2 Å². The highest BCUT2D eigenvalue weighted by Gasteiger charge is 2.16. The van der Waals surface area contributed by atoms with Gasteiger partial charge in [0, 0.05) is 18.2 Å². The van der Waals surface area contributed by atoms with Crippen LogP contribution < -0.4 is 14.2 Å². The highest BCUT2D eigenvalue weighted by Crippen LogP contribution is 2.37. The highest BCUT2D eigenvalue weighted by molar-refractivity contribution is 9.10. The molecular weight excluding hydrogens is 440 g/mol. The van der Waals surface area contributed by atoms with Crippen molar-refractivity contribution in [1.29, 1.82) is 0 Å². The largest absolute Gasteiger partial charge is 0.493 e. The van der Waals surface area contributed by atoms with Crippen LogP contribution in [0.2, 0.25) is 0 Å². The molecular formula is C17H13BrN2O8. The van der Waals surface area contributed by atoms with Gasteiger partial charge in [-0.25, -0.2) is 4.79 Å². The molecule has 2 rings (SSSR count). The predicted octanol–water partition coefficient (Wildman–Crippen LogP) is 3.60. The molecule has 0 aromatic heterocycles. The summed E-state index contributed by atoms with van der Waals surface area (Å²) in [6, 6.07) is 8.19. The molecule has 0 heterocycles. The Morgan fingerprint density at radius 3 is 2.43 bits per heavy atom. The van der Waals surface area contributed by atoms with Gasteiger partial charge in [-0.15, -0.1) is 0 Å². The van der Waals surface area contributed by atoms with Crippen molar-refractivity contribution in [3.05, 3.63) is 72.9 Å². The molecule has 0 aliphatic carbocycles. The third-order valence-corrected chi connectivity index (χ3v) is 3.85. The smallest absolute Gasteiger partial charge is 0.349 e. The molecule has 0 saturated carbocycles. The Morgan fingerprint density at radius 1 is 1.18 bits per heavy atom. The summed E-state index contributed by atoms with van der Waals surface area (Å²) >= 11 is 3.23. The van der Waals surface area contributed by atoms with Gasteiger partial charge in [-0.2, -0.15) is 0 Å². The SMILES string of the molecule is COc1cc(/C=C/[N+](=O)[O-])cc(Br)c1OC(=O)COc1ccc([N+](=O)[O-])cc1. The molecule has 0 amide bonds. The van der Waals surface area contributed by atoms with Gasteiger partial charge in [0.2, 0.25) is 6.20 Å². The number of rotatable bonds is 8. The van der Waals surface area contributed by atoms with Gasteiger partial charge < -0.3 is 14.2 Å². The van der Waals surface area contributed by atoms with Crippen LogP contribution in [-0.2, 0) is 4.79 Å². The number of hydrogen-bond donors (Lipinski definition) is 0. The first-order valence-electron chi connectivity index (χ1n) is 7.57. The van der Waals surface area contributed by atoms with Crippen molar-refractivity contribution in [2.45, 2.75) is 0 Å². The second-order valence-electron chi connectivity index (χ2n) is 5.15. The molecule has 0 fully saturated rings. The molecule has 0 unspecified atom stereocenters. The second kappa shape index (κ2) is 9.46. The van der Waals surface area contributed by atoms with Gasteiger partial charge in [-0.05, 0) is 45.8 Å². The molecule has 146 valence electrons. The Balaban J connectivity index is 2.06. The van der Waals surface area contributed by atoms with Crippen LogP contribution in [0.4, 0.5) is 5.69 Å². The van der Waals surface area contributed by atoms with Crippen molar-refractivity contribution in [2.75, 3.05) is 13.7 Å². The molecule has 28 heavy (non-hydrogen) atoms. The molecule has 0 saturated heterocycles. The van der Waals surface area contributed by atoms with Crippen molar-refractivity contribution < 1.29 is 28.9 Å². The fourth-order valence-corrected chi connectivity index (χ4v) is 2.57. The first-order chi connectivity index (χ1) is 13.3. The van der Waals surface area contributed by atoms with Gasteiger partial charge >= 0.3 is 5.97 Å². The van der Waals surface area contributed by atoms with E-state index in [0.717, 1.165) is 6.20 Å². The maximum atomic E-state index is 12.0. The topological polar surface area (TPSA) is 131 Å². The fraction of sp³-hybridized carbons (Fsp3) is 0.118. The van der Waals surface area contributed by atoms with Crippen LogP contribution in [0.25, 0.3) is 6.08 Å². The molecule has 0 bridgehead atoms. The van der Waals surface area contributed by atoms with Gasteiger partial charge in [0.25, 0.3) is 5.69 Å². The number of benzene rings is 2. The lowest BCUT2D eigenvalue weighted by Crippen LogP contribution is -2.18. The monoisotopic (exact) mass is 452 g/mol. The average molecular weight is 453 g/mol. The number of nitro benzene ring substituents is 1. The molecule has 0 aliphatic rings. The molecule has 0 spiro atoms. The first kappa shape index (κ1) is 20.8. The second-order valence-corrected chi connectivity index (χ2v) is 6.00. The van der Waals surface area contributed by atoms with Crippen LogP contribution in [0.1, 0.15) is 5.56 Å². The van der Waals surface area contributed by atoms with Gasteiger partial charge in [0.1, 0.15) is 5.75 Å². The van der Waals surface area contributed by atoms with Crippen LogP contribution in [0.15, 0.2) is 47.1 Å². The maximum Gasteiger partial charge on any atom is 0.349 e. The maximum absolute atomic E-state index is 12.0. The summed E-state index contributed by atoms with van der Waals surface area (Å²) in [7, 11) is 1.35. The number of esters is 1. The molecule has 0 N–H and O–H groups in total. The Kier molecular flexibility index (Phi) is 7.04. The third-order valence-electron chi connectivity index (χ3n) is 3.26. The van der Waals surface area contributed by atoms with Crippen molar-refractivity contribution in [3.8, 4) is 17.2 Å². The first-order valence-corrected chi connectivity index (χ1v) is 8.36. The molecule has 10 nitrogen and oxygen atoms in total. The quantitative estimate of drug-likeness (QED) is 0.257. The summed E-state index contributed by atoms with van der Waals surface area (Å²) in [6.07, 6.45) is 2.03. The number of carbonyl (C=O) groups is 1. The van der Waals surface area contributed by atoms with Gasteiger partial charge in [0.05, 0.1) is 21.4 Å². The Labute approximate surface area is 166 Å². The lowest BCUT2D eigenvalue weighted by Gasteiger charge is -2.12. The number of nitrogens with zero attached hydrogens (tertiary/aromatic N) is 2. The molecule has 0 aliphatic heterocycles. The number of hydrogen-bond acceptors (Lipinski definition) is 8.